The third kappa shape index (κ3) is 4.41. The largest absolute Gasteiger partial charge is 0.494 e. The molecule has 1 aromatic heterocycles. The molecule has 0 saturated heterocycles. The van der Waals surface area contributed by atoms with E-state index in [0.717, 1.165) is 47.3 Å². The van der Waals surface area contributed by atoms with Crippen molar-refractivity contribution in [2.45, 2.75) is 52.6 Å². The number of benzene rings is 3. The number of hydrogen-bond donors (Lipinski definition) is 0. The summed E-state index contributed by atoms with van der Waals surface area (Å²) >= 11 is 0. The van der Waals surface area contributed by atoms with Gasteiger partial charge in [0.15, 0.2) is 5.43 Å². The Kier molecular flexibility index (Phi) is 6.64. The third-order valence-corrected chi connectivity index (χ3v) is 6.99. The number of carbonyl (C=O) groups is 1. The van der Waals surface area contributed by atoms with Gasteiger partial charge in [-0.2, -0.15) is 0 Å². The van der Waals surface area contributed by atoms with Gasteiger partial charge in [0.1, 0.15) is 11.3 Å². The predicted octanol–water partition coefficient (Wildman–Crippen LogP) is 6.72. The maximum Gasteiger partial charge on any atom is 0.291 e. The second kappa shape index (κ2) is 10.0. The van der Waals surface area contributed by atoms with Crippen LogP contribution < -0.4 is 10.2 Å². The number of amides is 1. The van der Waals surface area contributed by atoms with Crippen molar-refractivity contribution in [3.05, 3.63) is 111 Å². The van der Waals surface area contributed by atoms with E-state index in [-0.39, 0.29) is 17.1 Å². The summed E-state index contributed by atoms with van der Waals surface area (Å²) in [6, 6.07) is 20.7. The molecule has 4 aromatic rings. The number of hydrogen-bond acceptors (Lipinski definition) is 4. The predicted molar refractivity (Wildman–Crippen MR) is 142 cm³/mol. The topological polar surface area (TPSA) is 59.8 Å². The molecular formula is C31H31NO4. The molecule has 1 aliphatic heterocycles. The zero-order chi connectivity index (χ0) is 25.2. The first kappa shape index (κ1) is 23.9. The van der Waals surface area contributed by atoms with Gasteiger partial charge in [0.05, 0.1) is 23.6 Å². The highest BCUT2D eigenvalue weighted by Gasteiger charge is 2.42. The van der Waals surface area contributed by atoms with Crippen LogP contribution in [0.15, 0.2) is 75.9 Å². The summed E-state index contributed by atoms with van der Waals surface area (Å²) in [7, 11) is 0. The number of carbonyl (C=O) groups excluding carboxylic acids is 1. The van der Waals surface area contributed by atoms with Crippen LogP contribution >= 0.6 is 0 Å². The van der Waals surface area contributed by atoms with Crippen molar-refractivity contribution in [2.24, 2.45) is 0 Å². The van der Waals surface area contributed by atoms with Gasteiger partial charge in [0.25, 0.3) is 5.91 Å². The Morgan fingerprint density at radius 3 is 2.36 bits per heavy atom. The Balaban J connectivity index is 1.59. The summed E-state index contributed by atoms with van der Waals surface area (Å²) in [5.41, 5.74) is 4.58. The smallest absolute Gasteiger partial charge is 0.291 e. The van der Waals surface area contributed by atoms with E-state index in [9.17, 15) is 9.59 Å². The summed E-state index contributed by atoms with van der Waals surface area (Å²) in [4.78, 5) is 29.2. The molecule has 0 bridgehead atoms. The molecule has 0 spiro atoms. The van der Waals surface area contributed by atoms with Crippen molar-refractivity contribution in [3.8, 4) is 5.75 Å². The van der Waals surface area contributed by atoms with E-state index in [1.54, 1.807) is 4.90 Å². The molecule has 36 heavy (non-hydrogen) atoms. The maximum absolute atomic E-state index is 13.8. The van der Waals surface area contributed by atoms with Crippen molar-refractivity contribution < 1.29 is 13.9 Å². The molecule has 0 radical (unpaired) electrons. The van der Waals surface area contributed by atoms with Gasteiger partial charge in [-0.15, -0.1) is 0 Å². The van der Waals surface area contributed by atoms with Gasteiger partial charge in [-0.1, -0.05) is 62.2 Å². The van der Waals surface area contributed by atoms with Gasteiger partial charge in [0, 0.05) is 6.54 Å². The highest BCUT2D eigenvalue weighted by molar-refractivity contribution is 5.99. The molecule has 1 amide bonds. The molecular weight excluding hydrogens is 450 g/mol. The van der Waals surface area contributed by atoms with Crippen LogP contribution in [0.2, 0.25) is 0 Å². The van der Waals surface area contributed by atoms with Crippen LogP contribution in [0.1, 0.15) is 70.6 Å². The zero-order valence-corrected chi connectivity index (χ0v) is 21.0. The number of unbranched alkanes of at least 4 members (excludes halogenated alkanes) is 2. The summed E-state index contributed by atoms with van der Waals surface area (Å²) in [6.07, 6.45) is 3.29. The number of aryl methyl sites for hydroxylation is 2. The van der Waals surface area contributed by atoms with Gasteiger partial charge in [-0.25, -0.2) is 0 Å². The Hall–Kier alpha value is -3.86. The molecule has 0 N–H and O–H groups in total. The molecule has 184 valence electrons. The lowest BCUT2D eigenvalue weighted by molar-refractivity contribution is 0.0714. The highest BCUT2D eigenvalue weighted by atomic mass is 16.5. The van der Waals surface area contributed by atoms with Gasteiger partial charge >= 0.3 is 0 Å². The van der Waals surface area contributed by atoms with Gasteiger partial charge in [-0.3, -0.25) is 9.59 Å². The van der Waals surface area contributed by atoms with E-state index >= 15 is 0 Å². The third-order valence-electron chi connectivity index (χ3n) is 6.99. The van der Waals surface area contributed by atoms with Crippen LogP contribution in [-0.4, -0.2) is 17.4 Å². The van der Waals surface area contributed by atoms with Crippen molar-refractivity contribution in [1.29, 1.82) is 0 Å². The minimum atomic E-state index is -0.538. The minimum Gasteiger partial charge on any atom is -0.494 e. The van der Waals surface area contributed by atoms with Crippen LogP contribution in [0.5, 0.6) is 5.75 Å². The fourth-order valence-corrected chi connectivity index (χ4v) is 4.85. The monoisotopic (exact) mass is 481 g/mol. The molecule has 2 heterocycles. The SMILES string of the molecule is CCCCCOc1ccc(C2c3c(oc4cc(C)c(C)cc4c3=O)C(=O)N2Cc2ccccc2)cc1. The molecule has 0 aliphatic carbocycles. The lowest BCUT2D eigenvalue weighted by atomic mass is 9.97. The van der Waals surface area contributed by atoms with Crippen LogP contribution in [-0.2, 0) is 6.54 Å². The minimum absolute atomic E-state index is 0.136. The molecule has 1 atom stereocenters. The van der Waals surface area contributed by atoms with E-state index in [2.05, 4.69) is 6.92 Å². The van der Waals surface area contributed by atoms with Crippen molar-refractivity contribution in [2.75, 3.05) is 6.61 Å². The van der Waals surface area contributed by atoms with E-state index in [0.29, 0.717) is 29.7 Å². The first-order valence-corrected chi connectivity index (χ1v) is 12.6. The van der Waals surface area contributed by atoms with Crippen LogP contribution in [0, 0.1) is 13.8 Å². The van der Waals surface area contributed by atoms with Crippen LogP contribution in [0.4, 0.5) is 0 Å². The van der Waals surface area contributed by atoms with Gasteiger partial charge in [-0.05, 0) is 66.8 Å². The summed E-state index contributed by atoms with van der Waals surface area (Å²) in [6.45, 7) is 7.16. The number of nitrogens with zero attached hydrogens (tertiary/aromatic N) is 1. The quantitative estimate of drug-likeness (QED) is 0.262. The summed E-state index contributed by atoms with van der Waals surface area (Å²) in [5.74, 6) is 0.651. The van der Waals surface area contributed by atoms with Crippen molar-refractivity contribution in [1.82, 2.24) is 4.90 Å². The standard InChI is InChI=1S/C31H31NO4/c1-4-5-9-16-35-24-14-12-23(13-15-24)28-27-29(33)25-17-20(2)21(3)18-26(25)36-30(27)31(34)32(28)19-22-10-7-6-8-11-22/h6-8,10-15,17-18,28H,4-5,9,16,19H2,1-3H3. The van der Waals surface area contributed by atoms with Crippen molar-refractivity contribution in [3.63, 3.8) is 0 Å². The van der Waals surface area contributed by atoms with Gasteiger partial charge in [0.2, 0.25) is 5.76 Å². The average Bonchev–Trinajstić information content (AvgIpc) is 3.16. The molecule has 5 heteroatoms. The lowest BCUT2D eigenvalue weighted by Gasteiger charge is -2.25. The second-order valence-corrected chi connectivity index (χ2v) is 9.55. The first-order valence-electron chi connectivity index (χ1n) is 12.6. The molecule has 1 unspecified atom stereocenters. The fraction of sp³-hybridized carbons (Fsp3) is 0.290. The number of fused-ring (bicyclic) bond motifs is 2. The maximum atomic E-state index is 13.8. The van der Waals surface area contributed by atoms with Gasteiger partial charge < -0.3 is 14.1 Å². The van der Waals surface area contributed by atoms with Crippen LogP contribution in [0.3, 0.4) is 0 Å². The van der Waals surface area contributed by atoms with E-state index < -0.39 is 6.04 Å². The first-order chi connectivity index (χ1) is 17.5. The van der Waals surface area contributed by atoms with E-state index in [4.69, 9.17) is 9.15 Å². The van der Waals surface area contributed by atoms with Crippen LogP contribution in [0.25, 0.3) is 11.0 Å². The molecule has 0 fully saturated rings. The molecule has 5 rings (SSSR count). The Morgan fingerprint density at radius 1 is 0.917 bits per heavy atom. The highest BCUT2D eigenvalue weighted by Crippen LogP contribution is 2.39. The average molecular weight is 482 g/mol. The zero-order valence-electron chi connectivity index (χ0n) is 21.0. The molecule has 5 nitrogen and oxygen atoms in total. The molecule has 1 aliphatic rings. The fourth-order valence-electron chi connectivity index (χ4n) is 4.85. The van der Waals surface area contributed by atoms with E-state index in [1.165, 1.54) is 0 Å². The van der Waals surface area contributed by atoms with Crippen molar-refractivity contribution >= 4 is 16.9 Å². The normalized spacial score (nSPS) is 14.9. The Labute approximate surface area is 211 Å². The summed E-state index contributed by atoms with van der Waals surface area (Å²) < 4.78 is 12.0. The Bertz CT molecular complexity index is 1450. The Morgan fingerprint density at radius 2 is 1.64 bits per heavy atom. The van der Waals surface area contributed by atoms with E-state index in [1.807, 2.05) is 80.6 Å². The lowest BCUT2D eigenvalue weighted by Crippen LogP contribution is -2.29. The second-order valence-electron chi connectivity index (χ2n) is 9.55. The summed E-state index contributed by atoms with van der Waals surface area (Å²) in [5, 5.41) is 0.507. The molecule has 3 aromatic carbocycles. The number of ether oxygens (including phenoxy) is 1. The molecule has 0 saturated carbocycles. The number of rotatable bonds is 8.